The second kappa shape index (κ2) is 5.36. The lowest BCUT2D eigenvalue weighted by molar-refractivity contribution is 0.209. The van der Waals surface area contributed by atoms with E-state index in [2.05, 4.69) is 29.6 Å². The SMILES string of the molecule is Cc1ccc(Cc2ccccc2NC(=O)O)cc1. The summed E-state index contributed by atoms with van der Waals surface area (Å²) < 4.78 is 0. The average molecular weight is 241 g/mol. The van der Waals surface area contributed by atoms with Crippen molar-refractivity contribution in [2.45, 2.75) is 13.3 Å². The lowest BCUT2D eigenvalue weighted by Crippen LogP contribution is -2.09. The molecule has 0 aliphatic rings. The van der Waals surface area contributed by atoms with Crippen molar-refractivity contribution in [3.05, 3.63) is 65.2 Å². The van der Waals surface area contributed by atoms with Gasteiger partial charge in [0.25, 0.3) is 0 Å². The van der Waals surface area contributed by atoms with Crippen LogP contribution in [-0.2, 0) is 6.42 Å². The van der Waals surface area contributed by atoms with Gasteiger partial charge in [-0.25, -0.2) is 4.79 Å². The molecule has 0 spiro atoms. The molecule has 0 aromatic heterocycles. The van der Waals surface area contributed by atoms with Crippen molar-refractivity contribution in [3.63, 3.8) is 0 Å². The number of benzene rings is 2. The standard InChI is InChI=1S/C15H15NO2/c1-11-6-8-12(9-7-11)10-13-4-2-3-5-14(13)16-15(17)18/h2-9,16H,10H2,1H3,(H,17,18). The van der Waals surface area contributed by atoms with E-state index in [1.807, 2.05) is 25.1 Å². The molecule has 0 aliphatic heterocycles. The summed E-state index contributed by atoms with van der Waals surface area (Å²) in [5.41, 5.74) is 4.00. The van der Waals surface area contributed by atoms with Gasteiger partial charge in [0, 0.05) is 5.69 Å². The third kappa shape index (κ3) is 3.10. The van der Waals surface area contributed by atoms with Gasteiger partial charge in [-0.2, -0.15) is 0 Å². The fourth-order valence-corrected chi connectivity index (χ4v) is 1.84. The van der Waals surface area contributed by atoms with Crippen molar-refractivity contribution in [3.8, 4) is 0 Å². The molecule has 0 heterocycles. The Morgan fingerprint density at radius 3 is 2.44 bits per heavy atom. The molecule has 0 aliphatic carbocycles. The van der Waals surface area contributed by atoms with Gasteiger partial charge in [-0.3, -0.25) is 5.32 Å². The summed E-state index contributed by atoms with van der Waals surface area (Å²) in [6.45, 7) is 2.05. The Balaban J connectivity index is 2.23. The van der Waals surface area contributed by atoms with Crippen molar-refractivity contribution in [2.24, 2.45) is 0 Å². The highest BCUT2D eigenvalue weighted by atomic mass is 16.4. The van der Waals surface area contributed by atoms with Crippen LogP contribution in [0.25, 0.3) is 0 Å². The molecule has 0 unspecified atom stereocenters. The minimum atomic E-state index is -1.04. The fraction of sp³-hybridized carbons (Fsp3) is 0.133. The number of hydrogen-bond donors (Lipinski definition) is 2. The molecule has 3 heteroatoms. The summed E-state index contributed by atoms with van der Waals surface area (Å²) in [6, 6.07) is 15.7. The zero-order valence-electron chi connectivity index (χ0n) is 10.2. The first-order valence-electron chi connectivity index (χ1n) is 5.78. The predicted molar refractivity (Wildman–Crippen MR) is 72.1 cm³/mol. The largest absolute Gasteiger partial charge is 0.465 e. The van der Waals surface area contributed by atoms with Crippen LogP contribution < -0.4 is 5.32 Å². The molecule has 2 aromatic carbocycles. The van der Waals surface area contributed by atoms with Crippen molar-refractivity contribution in [1.29, 1.82) is 0 Å². The highest BCUT2D eigenvalue weighted by Crippen LogP contribution is 2.19. The number of aryl methyl sites for hydroxylation is 1. The first-order chi connectivity index (χ1) is 8.65. The van der Waals surface area contributed by atoms with Gasteiger partial charge in [0.2, 0.25) is 0 Å². The van der Waals surface area contributed by atoms with Crippen molar-refractivity contribution in [2.75, 3.05) is 5.32 Å². The van der Waals surface area contributed by atoms with E-state index in [1.54, 1.807) is 6.07 Å². The predicted octanol–water partition coefficient (Wildman–Crippen LogP) is 3.68. The summed E-state index contributed by atoms with van der Waals surface area (Å²) in [7, 11) is 0. The molecular formula is C15H15NO2. The number of amides is 1. The van der Waals surface area contributed by atoms with Crippen molar-refractivity contribution in [1.82, 2.24) is 0 Å². The summed E-state index contributed by atoms with van der Waals surface area (Å²) in [5, 5.41) is 11.2. The third-order valence-electron chi connectivity index (χ3n) is 2.77. The summed E-state index contributed by atoms with van der Waals surface area (Å²) in [5.74, 6) is 0. The normalized spacial score (nSPS) is 10.1. The molecule has 2 rings (SSSR count). The van der Waals surface area contributed by atoms with E-state index in [4.69, 9.17) is 5.11 Å². The molecule has 18 heavy (non-hydrogen) atoms. The van der Waals surface area contributed by atoms with Gasteiger partial charge in [-0.05, 0) is 30.5 Å². The van der Waals surface area contributed by atoms with Gasteiger partial charge >= 0.3 is 6.09 Å². The summed E-state index contributed by atoms with van der Waals surface area (Å²) >= 11 is 0. The van der Waals surface area contributed by atoms with Gasteiger partial charge in [-0.15, -0.1) is 0 Å². The van der Waals surface area contributed by atoms with E-state index in [0.29, 0.717) is 5.69 Å². The first-order valence-corrected chi connectivity index (χ1v) is 5.78. The van der Waals surface area contributed by atoms with Crippen molar-refractivity contribution < 1.29 is 9.90 Å². The Hall–Kier alpha value is -2.29. The van der Waals surface area contributed by atoms with Gasteiger partial charge in [0.15, 0.2) is 0 Å². The Kier molecular flexibility index (Phi) is 3.63. The van der Waals surface area contributed by atoms with Crippen LogP contribution in [0.15, 0.2) is 48.5 Å². The first kappa shape index (κ1) is 12.2. The van der Waals surface area contributed by atoms with E-state index in [1.165, 1.54) is 11.1 Å². The highest BCUT2D eigenvalue weighted by Gasteiger charge is 2.05. The lowest BCUT2D eigenvalue weighted by Gasteiger charge is -2.09. The maximum absolute atomic E-state index is 10.7. The summed E-state index contributed by atoms with van der Waals surface area (Å²) in [4.78, 5) is 10.7. The number of carbonyl (C=O) groups is 1. The minimum Gasteiger partial charge on any atom is -0.465 e. The van der Waals surface area contributed by atoms with Crippen LogP contribution >= 0.6 is 0 Å². The van der Waals surface area contributed by atoms with Gasteiger partial charge in [-0.1, -0.05) is 48.0 Å². The maximum atomic E-state index is 10.7. The van der Waals surface area contributed by atoms with E-state index in [-0.39, 0.29) is 0 Å². The number of hydrogen-bond acceptors (Lipinski definition) is 1. The highest BCUT2D eigenvalue weighted by molar-refractivity contribution is 5.84. The average Bonchev–Trinajstić information content (AvgIpc) is 2.34. The molecule has 0 bridgehead atoms. The quantitative estimate of drug-likeness (QED) is 0.861. The molecule has 0 saturated carbocycles. The number of rotatable bonds is 3. The zero-order chi connectivity index (χ0) is 13.0. The van der Waals surface area contributed by atoms with E-state index in [9.17, 15) is 4.79 Å². The Labute approximate surface area is 106 Å². The fourth-order valence-electron chi connectivity index (χ4n) is 1.84. The van der Waals surface area contributed by atoms with Crippen LogP contribution in [0.2, 0.25) is 0 Å². The molecule has 0 radical (unpaired) electrons. The van der Waals surface area contributed by atoms with E-state index < -0.39 is 6.09 Å². The molecule has 1 amide bonds. The number of para-hydroxylation sites is 1. The molecule has 0 fully saturated rings. The van der Waals surface area contributed by atoms with Gasteiger partial charge in [0.1, 0.15) is 0 Å². The van der Waals surface area contributed by atoms with Crippen LogP contribution in [0.1, 0.15) is 16.7 Å². The second-order valence-electron chi connectivity index (χ2n) is 4.25. The van der Waals surface area contributed by atoms with E-state index >= 15 is 0 Å². The molecular weight excluding hydrogens is 226 g/mol. The topological polar surface area (TPSA) is 49.3 Å². The second-order valence-corrected chi connectivity index (χ2v) is 4.25. The number of nitrogens with one attached hydrogen (secondary N) is 1. The van der Waals surface area contributed by atoms with Crippen molar-refractivity contribution >= 4 is 11.8 Å². The number of anilines is 1. The molecule has 3 nitrogen and oxygen atoms in total. The monoisotopic (exact) mass is 241 g/mol. The number of carboxylic acid groups (broad SMARTS) is 1. The lowest BCUT2D eigenvalue weighted by atomic mass is 10.0. The van der Waals surface area contributed by atoms with Crippen LogP contribution in [-0.4, -0.2) is 11.2 Å². The molecule has 2 aromatic rings. The van der Waals surface area contributed by atoms with E-state index in [0.717, 1.165) is 12.0 Å². The third-order valence-corrected chi connectivity index (χ3v) is 2.77. The molecule has 0 saturated heterocycles. The smallest absolute Gasteiger partial charge is 0.409 e. The van der Waals surface area contributed by atoms with Gasteiger partial charge < -0.3 is 5.11 Å². The molecule has 0 atom stereocenters. The minimum absolute atomic E-state index is 0.644. The Morgan fingerprint density at radius 1 is 1.11 bits per heavy atom. The van der Waals surface area contributed by atoms with Gasteiger partial charge in [0.05, 0.1) is 0 Å². The molecule has 92 valence electrons. The van der Waals surface area contributed by atoms with Crippen LogP contribution in [0.5, 0.6) is 0 Å². The summed E-state index contributed by atoms with van der Waals surface area (Å²) in [6.07, 6.45) is -0.317. The molecule has 2 N–H and O–H groups in total. The van der Waals surface area contributed by atoms with Crippen LogP contribution in [0.4, 0.5) is 10.5 Å². The Morgan fingerprint density at radius 2 is 1.78 bits per heavy atom. The zero-order valence-corrected chi connectivity index (χ0v) is 10.2. The Bertz CT molecular complexity index is 547. The van der Waals surface area contributed by atoms with Crippen LogP contribution in [0.3, 0.4) is 0 Å². The van der Waals surface area contributed by atoms with Crippen LogP contribution in [0, 0.1) is 6.92 Å². The maximum Gasteiger partial charge on any atom is 0.409 e.